The van der Waals surface area contributed by atoms with Gasteiger partial charge in [0.2, 0.25) is 0 Å². The summed E-state index contributed by atoms with van der Waals surface area (Å²) < 4.78 is 13.1. The number of rotatable bonds is 8. The molecular weight excluding hydrogens is 267 g/mol. The van der Waals surface area contributed by atoms with E-state index in [-0.39, 0.29) is 12.4 Å². The largest absolute Gasteiger partial charge is 0.395 e. The fourth-order valence-electron chi connectivity index (χ4n) is 2.36. The molecule has 0 atom stereocenters. The van der Waals surface area contributed by atoms with Crippen molar-refractivity contribution in [3.63, 3.8) is 0 Å². The SMILES string of the molecule is OCCN(CCCc1cccc(F)c1)Cc1cccnc1. The van der Waals surface area contributed by atoms with E-state index in [0.29, 0.717) is 6.54 Å². The number of nitrogens with zero attached hydrogens (tertiary/aromatic N) is 2. The number of hydrogen-bond acceptors (Lipinski definition) is 3. The summed E-state index contributed by atoms with van der Waals surface area (Å²) in [6.45, 7) is 2.42. The van der Waals surface area contributed by atoms with E-state index in [1.807, 2.05) is 24.4 Å². The zero-order valence-electron chi connectivity index (χ0n) is 12.1. The van der Waals surface area contributed by atoms with E-state index in [2.05, 4.69) is 9.88 Å². The van der Waals surface area contributed by atoms with Gasteiger partial charge < -0.3 is 5.11 Å². The third-order valence-corrected chi connectivity index (χ3v) is 3.37. The van der Waals surface area contributed by atoms with E-state index in [4.69, 9.17) is 5.11 Å². The Hall–Kier alpha value is -1.78. The molecule has 0 saturated heterocycles. The Balaban J connectivity index is 1.82. The van der Waals surface area contributed by atoms with Crippen LogP contribution in [-0.2, 0) is 13.0 Å². The molecule has 3 nitrogen and oxygen atoms in total. The van der Waals surface area contributed by atoms with Gasteiger partial charge in [0.05, 0.1) is 6.61 Å². The van der Waals surface area contributed by atoms with Crippen LogP contribution < -0.4 is 0 Å². The summed E-state index contributed by atoms with van der Waals surface area (Å²) in [5.41, 5.74) is 2.15. The van der Waals surface area contributed by atoms with E-state index in [1.165, 1.54) is 6.07 Å². The molecule has 0 radical (unpaired) electrons. The maximum atomic E-state index is 13.1. The quantitative estimate of drug-likeness (QED) is 0.811. The van der Waals surface area contributed by atoms with Crippen molar-refractivity contribution in [2.45, 2.75) is 19.4 Å². The van der Waals surface area contributed by atoms with E-state index in [9.17, 15) is 4.39 Å². The normalized spacial score (nSPS) is 11.0. The van der Waals surface area contributed by atoms with Crippen LogP contribution in [0.3, 0.4) is 0 Å². The highest BCUT2D eigenvalue weighted by Crippen LogP contribution is 2.08. The molecule has 1 aromatic carbocycles. The Morgan fingerprint density at radius 1 is 1.10 bits per heavy atom. The van der Waals surface area contributed by atoms with Gasteiger partial charge in [-0.15, -0.1) is 0 Å². The minimum atomic E-state index is -0.185. The van der Waals surface area contributed by atoms with Gasteiger partial charge in [0.1, 0.15) is 5.82 Å². The molecule has 0 aliphatic heterocycles. The standard InChI is InChI=1S/C17H21FN2O/c18-17-7-1-4-15(12-17)6-3-9-20(10-11-21)14-16-5-2-8-19-13-16/h1-2,4-5,7-8,12-13,21H,3,6,9-11,14H2. The first kappa shape index (κ1) is 15.6. The lowest BCUT2D eigenvalue weighted by atomic mass is 10.1. The third kappa shape index (κ3) is 5.61. The lowest BCUT2D eigenvalue weighted by Crippen LogP contribution is -2.28. The van der Waals surface area contributed by atoms with Crippen LogP contribution in [0, 0.1) is 5.82 Å². The highest BCUT2D eigenvalue weighted by molar-refractivity contribution is 5.16. The second kappa shape index (κ2) is 8.49. The molecular formula is C17H21FN2O. The number of aliphatic hydroxyl groups excluding tert-OH is 1. The molecule has 112 valence electrons. The molecule has 0 fully saturated rings. The Labute approximate surface area is 125 Å². The van der Waals surface area contributed by atoms with Crippen LogP contribution in [0.1, 0.15) is 17.5 Å². The second-order valence-corrected chi connectivity index (χ2v) is 5.09. The lowest BCUT2D eigenvalue weighted by molar-refractivity contribution is 0.188. The van der Waals surface area contributed by atoms with Crippen LogP contribution in [0.5, 0.6) is 0 Å². The Kier molecular flexibility index (Phi) is 6.31. The molecule has 1 aromatic heterocycles. The predicted octanol–water partition coefficient (Wildman–Crippen LogP) is 2.65. The van der Waals surface area contributed by atoms with Crippen molar-refractivity contribution in [1.82, 2.24) is 9.88 Å². The summed E-state index contributed by atoms with van der Waals surface area (Å²) in [7, 11) is 0. The van der Waals surface area contributed by atoms with Crippen molar-refractivity contribution in [2.75, 3.05) is 19.7 Å². The first-order valence-electron chi connectivity index (χ1n) is 7.24. The van der Waals surface area contributed by atoms with Gasteiger partial charge in [-0.05, 0) is 48.7 Å². The molecule has 0 amide bonds. The lowest BCUT2D eigenvalue weighted by Gasteiger charge is -2.21. The van der Waals surface area contributed by atoms with E-state index < -0.39 is 0 Å². The smallest absolute Gasteiger partial charge is 0.123 e. The number of aliphatic hydroxyl groups is 1. The van der Waals surface area contributed by atoms with E-state index >= 15 is 0 Å². The van der Waals surface area contributed by atoms with E-state index in [0.717, 1.165) is 37.1 Å². The first-order chi connectivity index (χ1) is 10.3. The zero-order valence-corrected chi connectivity index (χ0v) is 12.1. The Bertz CT molecular complexity index is 533. The van der Waals surface area contributed by atoms with Crippen molar-refractivity contribution < 1.29 is 9.50 Å². The monoisotopic (exact) mass is 288 g/mol. The molecule has 1 N–H and O–H groups in total. The fraction of sp³-hybridized carbons (Fsp3) is 0.353. The molecule has 2 rings (SSSR count). The van der Waals surface area contributed by atoms with Crippen molar-refractivity contribution in [2.24, 2.45) is 0 Å². The maximum absolute atomic E-state index is 13.1. The van der Waals surface area contributed by atoms with Gasteiger partial charge in [0.15, 0.2) is 0 Å². The highest BCUT2D eigenvalue weighted by atomic mass is 19.1. The minimum absolute atomic E-state index is 0.139. The second-order valence-electron chi connectivity index (χ2n) is 5.09. The van der Waals surface area contributed by atoms with Gasteiger partial charge in [-0.3, -0.25) is 9.88 Å². The van der Waals surface area contributed by atoms with Crippen molar-refractivity contribution in [3.8, 4) is 0 Å². The van der Waals surface area contributed by atoms with E-state index in [1.54, 1.807) is 18.3 Å². The number of hydrogen-bond donors (Lipinski definition) is 1. The average Bonchev–Trinajstić information content (AvgIpc) is 2.48. The topological polar surface area (TPSA) is 36.4 Å². The predicted molar refractivity (Wildman–Crippen MR) is 81.3 cm³/mol. The van der Waals surface area contributed by atoms with Gasteiger partial charge in [-0.2, -0.15) is 0 Å². The summed E-state index contributed by atoms with van der Waals surface area (Å²) in [6, 6.07) is 10.7. The first-order valence-corrected chi connectivity index (χ1v) is 7.24. The molecule has 4 heteroatoms. The number of aryl methyl sites for hydroxylation is 1. The van der Waals surface area contributed by atoms with Crippen LogP contribution in [0.25, 0.3) is 0 Å². The molecule has 0 saturated carbocycles. The number of halogens is 1. The van der Waals surface area contributed by atoms with Crippen LogP contribution >= 0.6 is 0 Å². The van der Waals surface area contributed by atoms with Crippen LogP contribution in [0.4, 0.5) is 4.39 Å². The highest BCUT2D eigenvalue weighted by Gasteiger charge is 2.06. The van der Waals surface area contributed by atoms with Crippen LogP contribution in [-0.4, -0.2) is 34.7 Å². The molecule has 1 heterocycles. The van der Waals surface area contributed by atoms with Gasteiger partial charge in [0, 0.05) is 25.5 Å². The van der Waals surface area contributed by atoms with Crippen LogP contribution in [0.2, 0.25) is 0 Å². The number of aromatic nitrogens is 1. The summed E-state index contributed by atoms with van der Waals surface area (Å²) in [6.07, 6.45) is 5.37. The number of benzene rings is 1. The summed E-state index contributed by atoms with van der Waals surface area (Å²) in [5, 5.41) is 9.16. The van der Waals surface area contributed by atoms with Crippen LogP contribution in [0.15, 0.2) is 48.8 Å². The molecule has 0 spiro atoms. The van der Waals surface area contributed by atoms with Gasteiger partial charge >= 0.3 is 0 Å². The number of pyridine rings is 1. The van der Waals surface area contributed by atoms with Gasteiger partial charge in [-0.25, -0.2) is 4.39 Å². The summed E-state index contributed by atoms with van der Waals surface area (Å²) >= 11 is 0. The van der Waals surface area contributed by atoms with Gasteiger partial charge in [0.25, 0.3) is 0 Å². The molecule has 0 bridgehead atoms. The van der Waals surface area contributed by atoms with Crippen molar-refractivity contribution in [3.05, 3.63) is 65.7 Å². The molecule has 0 aliphatic carbocycles. The summed E-state index contributed by atoms with van der Waals surface area (Å²) in [4.78, 5) is 6.30. The Morgan fingerprint density at radius 2 is 1.95 bits per heavy atom. The average molecular weight is 288 g/mol. The van der Waals surface area contributed by atoms with Gasteiger partial charge in [-0.1, -0.05) is 18.2 Å². The van der Waals surface area contributed by atoms with Crippen molar-refractivity contribution in [1.29, 1.82) is 0 Å². The maximum Gasteiger partial charge on any atom is 0.123 e. The Morgan fingerprint density at radius 3 is 2.67 bits per heavy atom. The summed E-state index contributed by atoms with van der Waals surface area (Å²) in [5.74, 6) is -0.185. The zero-order chi connectivity index (χ0) is 14.9. The van der Waals surface area contributed by atoms with Crippen molar-refractivity contribution >= 4 is 0 Å². The third-order valence-electron chi connectivity index (χ3n) is 3.37. The molecule has 2 aromatic rings. The minimum Gasteiger partial charge on any atom is -0.395 e. The molecule has 0 unspecified atom stereocenters. The fourth-order valence-corrected chi connectivity index (χ4v) is 2.36. The molecule has 21 heavy (non-hydrogen) atoms. The molecule has 0 aliphatic rings.